The van der Waals surface area contributed by atoms with E-state index in [1.54, 1.807) is 6.07 Å². The standard InChI is InChI=1S/C24H30FN5O/c1-4-16-11-19-14(2)21(24-27-15(3)29-31-24)23(28-22(19)20(25)12-16)30-9-7-18(8-10-30)26-13-17-5-6-17/h11-12,17-18,26H,4-10,13H2,1-3H3. The van der Waals surface area contributed by atoms with Crippen LogP contribution in [0.5, 0.6) is 0 Å². The van der Waals surface area contributed by atoms with E-state index in [1.807, 2.05) is 26.8 Å². The van der Waals surface area contributed by atoms with Gasteiger partial charge in [-0.3, -0.25) is 0 Å². The molecule has 0 atom stereocenters. The van der Waals surface area contributed by atoms with Gasteiger partial charge in [0.2, 0.25) is 0 Å². The van der Waals surface area contributed by atoms with E-state index in [4.69, 9.17) is 9.51 Å². The van der Waals surface area contributed by atoms with Gasteiger partial charge in [-0.1, -0.05) is 12.1 Å². The van der Waals surface area contributed by atoms with E-state index in [1.165, 1.54) is 12.8 Å². The van der Waals surface area contributed by atoms with Crippen molar-refractivity contribution in [2.24, 2.45) is 5.92 Å². The van der Waals surface area contributed by atoms with Crippen LogP contribution >= 0.6 is 0 Å². The molecule has 3 heterocycles. The van der Waals surface area contributed by atoms with Gasteiger partial charge in [0.25, 0.3) is 5.89 Å². The molecule has 1 saturated carbocycles. The van der Waals surface area contributed by atoms with Gasteiger partial charge in [0.15, 0.2) is 5.82 Å². The van der Waals surface area contributed by atoms with Crippen molar-refractivity contribution in [3.8, 4) is 11.5 Å². The number of hydrogen-bond acceptors (Lipinski definition) is 6. The number of aryl methyl sites for hydroxylation is 3. The largest absolute Gasteiger partial charge is 0.356 e. The molecule has 31 heavy (non-hydrogen) atoms. The number of aromatic nitrogens is 3. The van der Waals surface area contributed by atoms with E-state index in [2.05, 4.69) is 20.4 Å². The van der Waals surface area contributed by atoms with Crippen molar-refractivity contribution in [1.82, 2.24) is 20.4 Å². The first kappa shape index (κ1) is 20.4. The van der Waals surface area contributed by atoms with Crippen LogP contribution in [-0.2, 0) is 6.42 Å². The van der Waals surface area contributed by atoms with Crippen molar-refractivity contribution in [2.75, 3.05) is 24.5 Å². The Labute approximate surface area is 182 Å². The number of fused-ring (bicyclic) bond motifs is 1. The van der Waals surface area contributed by atoms with Gasteiger partial charge in [-0.15, -0.1) is 0 Å². The molecule has 1 N–H and O–H groups in total. The van der Waals surface area contributed by atoms with E-state index in [0.717, 1.165) is 72.7 Å². The van der Waals surface area contributed by atoms with Gasteiger partial charge in [-0.25, -0.2) is 9.37 Å². The molecule has 0 bridgehead atoms. The minimum Gasteiger partial charge on any atom is -0.356 e. The lowest BCUT2D eigenvalue weighted by Gasteiger charge is -2.34. The van der Waals surface area contributed by atoms with Gasteiger partial charge in [0, 0.05) is 24.5 Å². The highest BCUT2D eigenvalue weighted by Gasteiger charge is 2.28. The predicted octanol–water partition coefficient (Wildman–Crippen LogP) is 4.57. The third-order valence-corrected chi connectivity index (χ3v) is 6.68. The van der Waals surface area contributed by atoms with Crippen LogP contribution < -0.4 is 10.2 Å². The van der Waals surface area contributed by atoms with Gasteiger partial charge in [-0.05, 0) is 81.7 Å². The van der Waals surface area contributed by atoms with Crippen LogP contribution in [0.2, 0.25) is 0 Å². The quantitative estimate of drug-likeness (QED) is 0.626. The number of pyridine rings is 1. The zero-order valence-corrected chi connectivity index (χ0v) is 18.5. The van der Waals surface area contributed by atoms with E-state index in [9.17, 15) is 0 Å². The van der Waals surface area contributed by atoms with Gasteiger partial charge >= 0.3 is 0 Å². The minimum absolute atomic E-state index is 0.270. The normalized spacial score (nSPS) is 17.6. The molecule has 1 aliphatic heterocycles. The molecule has 164 valence electrons. The second kappa shape index (κ2) is 8.19. The summed E-state index contributed by atoms with van der Waals surface area (Å²) in [6.07, 6.45) is 5.59. The summed E-state index contributed by atoms with van der Waals surface area (Å²) in [5.74, 6) is 2.39. The first-order chi connectivity index (χ1) is 15.0. The van der Waals surface area contributed by atoms with E-state index in [0.29, 0.717) is 23.3 Å². The number of rotatable bonds is 6. The Hall–Kier alpha value is -2.54. The Bertz CT molecular complexity index is 1100. The summed E-state index contributed by atoms with van der Waals surface area (Å²) in [5, 5.41) is 8.53. The molecular formula is C24H30FN5O. The number of halogens is 1. The van der Waals surface area contributed by atoms with Crippen molar-refractivity contribution in [1.29, 1.82) is 0 Å². The Balaban J connectivity index is 1.53. The molecule has 7 heteroatoms. The first-order valence-electron chi connectivity index (χ1n) is 11.4. The Morgan fingerprint density at radius 3 is 2.55 bits per heavy atom. The van der Waals surface area contributed by atoms with Gasteiger partial charge in [-0.2, -0.15) is 4.98 Å². The summed E-state index contributed by atoms with van der Waals surface area (Å²) < 4.78 is 20.6. The zero-order chi connectivity index (χ0) is 21.5. The Morgan fingerprint density at radius 1 is 1.13 bits per heavy atom. The second-order valence-corrected chi connectivity index (χ2v) is 9.02. The van der Waals surface area contributed by atoms with Gasteiger partial charge in [0.05, 0.1) is 5.56 Å². The molecule has 6 nitrogen and oxygen atoms in total. The SMILES string of the molecule is CCc1cc(F)c2nc(N3CCC(NCC4CC4)CC3)c(-c3nc(C)no3)c(C)c2c1. The Kier molecular flexibility index (Phi) is 5.38. The number of anilines is 1. The molecule has 0 unspecified atom stereocenters. The molecule has 0 spiro atoms. The van der Waals surface area contributed by atoms with Crippen LogP contribution in [0, 0.1) is 25.6 Å². The summed E-state index contributed by atoms with van der Waals surface area (Å²) in [7, 11) is 0. The average Bonchev–Trinajstić information content (AvgIpc) is 3.51. The van der Waals surface area contributed by atoms with E-state index >= 15 is 4.39 Å². The van der Waals surface area contributed by atoms with Crippen LogP contribution in [-0.4, -0.2) is 40.8 Å². The molecule has 3 aromatic rings. The topological polar surface area (TPSA) is 67.1 Å². The number of piperidine rings is 1. The molecule has 1 aliphatic carbocycles. The maximum atomic E-state index is 15.0. The van der Waals surface area contributed by atoms with E-state index in [-0.39, 0.29) is 5.82 Å². The molecular weight excluding hydrogens is 393 g/mol. The fourth-order valence-electron chi connectivity index (χ4n) is 4.56. The molecule has 0 radical (unpaired) electrons. The van der Waals surface area contributed by atoms with Crippen molar-refractivity contribution in [2.45, 2.75) is 58.9 Å². The third-order valence-electron chi connectivity index (χ3n) is 6.68. The van der Waals surface area contributed by atoms with Crippen molar-refractivity contribution in [3.05, 3.63) is 34.9 Å². The highest BCUT2D eigenvalue weighted by Crippen LogP contribution is 2.38. The van der Waals surface area contributed by atoms with Crippen molar-refractivity contribution >= 4 is 16.7 Å². The summed E-state index contributed by atoms with van der Waals surface area (Å²) in [6, 6.07) is 4.17. The summed E-state index contributed by atoms with van der Waals surface area (Å²) in [6.45, 7) is 8.72. The predicted molar refractivity (Wildman–Crippen MR) is 120 cm³/mol. The average molecular weight is 424 g/mol. The van der Waals surface area contributed by atoms with Gasteiger partial charge < -0.3 is 14.7 Å². The molecule has 5 rings (SSSR count). The molecule has 0 amide bonds. The first-order valence-corrected chi connectivity index (χ1v) is 11.4. The van der Waals surface area contributed by atoms with Crippen LogP contribution in [0.4, 0.5) is 10.2 Å². The lowest BCUT2D eigenvalue weighted by atomic mass is 9.98. The zero-order valence-electron chi connectivity index (χ0n) is 18.5. The smallest absolute Gasteiger partial charge is 0.261 e. The highest BCUT2D eigenvalue weighted by molar-refractivity contribution is 5.93. The number of hydrogen-bond donors (Lipinski definition) is 1. The monoisotopic (exact) mass is 423 g/mol. The van der Waals surface area contributed by atoms with E-state index < -0.39 is 0 Å². The van der Waals surface area contributed by atoms with Crippen LogP contribution in [0.15, 0.2) is 16.7 Å². The molecule has 2 fully saturated rings. The molecule has 2 aromatic heterocycles. The number of benzene rings is 1. The maximum Gasteiger partial charge on any atom is 0.261 e. The number of nitrogens with zero attached hydrogens (tertiary/aromatic N) is 4. The van der Waals surface area contributed by atoms with Crippen LogP contribution in [0.25, 0.3) is 22.4 Å². The third kappa shape index (κ3) is 4.03. The lowest BCUT2D eigenvalue weighted by Crippen LogP contribution is -2.43. The molecule has 1 saturated heterocycles. The Morgan fingerprint density at radius 2 is 1.90 bits per heavy atom. The second-order valence-electron chi connectivity index (χ2n) is 9.02. The molecule has 2 aliphatic rings. The van der Waals surface area contributed by atoms with Gasteiger partial charge in [0.1, 0.15) is 17.2 Å². The fraction of sp³-hybridized carbons (Fsp3) is 0.542. The maximum absolute atomic E-state index is 15.0. The van der Waals surface area contributed by atoms with Crippen molar-refractivity contribution < 1.29 is 8.91 Å². The summed E-state index contributed by atoms with van der Waals surface area (Å²) >= 11 is 0. The summed E-state index contributed by atoms with van der Waals surface area (Å²) in [5.41, 5.74) is 3.13. The fourth-order valence-corrected chi connectivity index (χ4v) is 4.56. The molecule has 1 aromatic carbocycles. The lowest BCUT2D eigenvalue weighted by molar-refractivity contribution is 0.406. The summed E-state index contributed by atoms with van der Waals surface area (Å²) in [4.78, 5) is 11.6. The highest BCUT2D eigenvalue weighted by atomic mass is 19.1. The van der Waals surface area contributed by atoms with Crippen LogP contribution in [0.3, 0.4) is 0 Å². The minimum atomic E-state index is -0.270. The number of nitrogens with one attached hydrogen (secondary N) is 1. The van der Waals surface area contributed by atoms with Crippen molar-refractivity contribution in [3.63, 3.8) is 0 Å². The van der Waals surface area contributed by atoms with Crippen LogP contribution in [0.1, 0.15) is 49.6 Å².